The maximum atomic E-state index is 14.1. The predicted molar refractivity (Wildman–Crippen MR) is 64.7 cm³/mol. The molecule has 1 fully saturated rings. The molecule has 0 nitrogen and oxygen atoms in total. The van der Waals surface area contributed by atoms with E-state index in [1.807, 2.05) is 6.07 Å². The quantitative estimate of drug-likeness (QED) is 0.606. The molecule has 1 spiro atoms. The third-order valence-electron chi connectivity index (χ3n) is 4.57. The lowest BCUT2D eigenvalue weighted by Crippen LogP contribution is -2.35. The first-order valence-corrected chi connectivity index (χ1v) is 5.95. The van der Waals surface area contributed by atoms with Gasteiger partial charge >= 0.3 is 0 Å². The highest BCUT2D eigenvalue weighted by molar-refractivity contribution is 5.72. The lowest BCUT2D eigenvalue weighted by atomic mass is 9.62. The number of benzene rings is 1. The van der Waals surface area contributed by atoms with Crippen LogP contribution in [0.1, 0.15) is 44.2 Å². The van der Waals surface area contributed by atoms with Crippen LogP contribution in [0.2, 0.25) is 0 Å². The molecule has 0 bridgehead atoms. The lowest BCUT2D eigenvalue weighted by Gasteiger charge is -2.42. The van der Waals surface area contributed by atoms with Gasteiger partial charge in [-0.25, -0.2) is 4.39 Å². The van der Waals surface area contributed by atoms with Gasteiger partial charge in [-0.1, -0.05) is 32.6 Å². The minimum Gasteiger partial charge on any atom is -0.207 e. The molecule has 1 heteroatoms. The van der Waals surface area contributed by atoms with Gasteiger partial charge in [-0.2, -0.15) is 0 Å². The van der Waals surface area contributed by atoms with E-state index in [0.717, 1.165) is 36.0 Å². The Bertz CT molecular complexity index is 478. The van der Waals surface area contributed by atoms with Gasteiger partial charge in [0.25, 0.3) is 0 Å². The second-order valence-corrected chi connectivity index (χ2v) is 5.91. The second kappa shape index (κ2) is 2.77. The summed E-state index contributed by atoms with van der Waals surface area (Å²) in [5.74, 6) is -0.0380. The molecule has 0 aromatic heterocycles. The minimum absolute atomic E-state index is 0.0380. The summed E-state index contributed by atoms with van der Waals surface area (Å²) in [6, 6.07) is 5.41. The summed E-state index contributed by atoms with van der Waals surface area (Å²) in [7, 11) is 0. The van der Waals surface area contributed by atoms with Gasteiger partial charge in [-0.05, 0) is 41.9 Å². The molecule has 1 aromatic rings. The van der Waals surface area contributed by atoms with Crippen molar-refractivity contribution in [3.05, 3.63) is 41.7 Å². The number of hydrogen-bond donors (Lipinski definition) is 0. The zero-order valence-electron chi connectivity index (χ0n) is 9.94. The number of rotatable bonds is 0. The van der Waals surface area contributed by atoms with Crippen molar-refractivity contribution in [2.24, 2.45) is 5.41 Å². The fourth-order valence-corrected chi connectivity index (χ4v) is 3.49. The van der Waals surface area contributed by atoms with Crippen molar-refractivity contribution in [2.75, 3.05) is 0 Å². The Morgan fingerprint density at radius 3 is 2.56 bits per heavy atom. The molecule has 0 N–H and O–H groups in total. The van der Waals surface area contributed by atoms with E-state index < -0.39 is 0 Å². The molecule has 84 valence electrons. The van der Waals surface area contributed by atoms with Gasteiger partial charge in [0.05, 0.1) is 0 Å². The zero-order chi connectivity index (χ0) is 11.6. The summed E-state index contributed by atoms with van der Waals surface area (Å²) >= 11 is 0. The third-order valence-corrected chi connectivity index (χ3v) is 4.57. The Morgan fingerprint density at radius 2 is 1.94 bits per heavy atom. The SMILES string of the molecule is C=C1CC(C)(C)C2(CC2)c2c(F)cccc21. The predicted octanol–water partition coefficient (Wildman–Crippen LogP) is 4.30. The van der Waals surface area contributed by atoms with E-state index in [0.29, 0.717) is 0 Å². The van der Waals surface area contributed by atoms with E-state index in [1.165, 1.54) is 0 Å². The molecular weight excluding hydrogens is 199 g/mol. The summed E-state index contributed by atoms with van der Waals surface area (Å²) < 4.78 is 14.1. The van der Waals surface area contributed by atoms with Crippen molar-refractivity contribution in [1.82, 2.24) is 0 Å². The van der Waals surface area contributed by atoms with Crippen LogP contribution in [-0.4, -0.2) is 0 Å². The van der Waals surface area contributed by atoms with Gasteiger partial charge < -0.3 is 0 Å². The van der Waals surface area contributed by atoms with Crippen molar-refractivity contribution in [2.45, 2.75) is 38.5 Å². The molecule has 1 saturated carbocycles. The molecule has 2 aliphatic carbocycles. The van der Waals surface area contributed by atoms with Crippen LogP contribution in [-0.2, 0) is 5.41 Å². The first kappa shape index (κ1) is 10.1. The number of hydrogen-bond acceptors (Lipinski definition) is 0. The average Bonchev–Trinajstić information content (AvgIpc) is 2.96. The standard InChI is InChI=1S/C15H17F/c1-10-9-14(2,3)15(7-8-15)13-11(10)5-4-6-12(13)16/h4-6H,1,7-9H2,2-3H3. The van der Waals surface area contributed by atoms with Crippen LogP contribution in [0.4, 0.5) is 4.39 Å². The normalized spacial score (nSPS) is 24.3. The Labute approximate surface area is 96.2 Å². The summed E-state index contributed by atoms with van der Waals surface area (Å²) in [6.07, 6.45) is 3.24. The van der Waals surface area contributed by atoms with Gasteiger partial charge in [0.15, 0.2) is 0 Å². The number of allylic oxidation sites excluding steroid dienone is 1. The Morgan fingerprint density at radius 1 is 1.25 bits per heavy atom. The molecule has 0 heterocycles. The lowest BCUT2D eigenvalue weighted by molar-refractivity contribution is 0.256. The van der Waals surface area contributed by atoms with Gasteiger partial charge in [-0.3, -0.25) is 0 Å². The first-order chi connectivity index (χ1) is 7.48. The summed E-state index contributed by atoms with van der Waals surface area (Å²) in [5.41, 5.74) is 3.35. The molecule has 0 unspecified atom stereocenters. The minimum atomic E-state index is -0.0380. The molecule has 0 radical (unpaired) electrons. The van der Waals surface area contributed by atoms with Crippen LogP contribution >= 0.6 is 0 Å². The van der Waals surface area contributed by atoms with Crippen LogP contribution in [0.25, 0.3) is 5.57 Å². The summed E-state index contributed by atoms with van der Waals surface area (Å²) in [4.78, 5) is 0. The Balaban J connectivity index is 2.30. The van der Waals surface area contributed by atoms with Gasteiger partial charge in [0, 0.05) is 11.0 Å². The van der Waals surface area contributed by atoms with E-state index in [1.54, 1.807) is 12.1 Å². The van der Waals surface area contributed by atoms with E-state index in [2.05, 4.69) is 20.4 Å². The molecule has 0 saturated heterocycles. The number of halogens is 1. The molecule has 3 rings (SSSR count). The van der Waals surface area contributed by atoms with Crippen LogP contribution in [0.15, 0.2) is 24.8 Å². The topological polar surface area (TPSA) is 0 Å². The van der Waals surface area contributed by atoms with Gasteiger partial charge in [-0.15, -0.1) is 0 Å². The fourth-order valence-electron chi connectivity index (χ4n) is 3.49. The van der Waals surface area contributed by atoms with Crippen molar-refractivity contribution in [3.63, 3.8) is 0 Å². The van der Waals surface area contributed by atoms with Crippen LogP contribution < -0.4 is 0 Å². The maximum absolute atomic E-state index is 14.1. The first-order valence-electron chi connectivity index (χ1n) is 5.95. The van der Waals surface area contributed by atoms with Crippen molar-refractivity contribution < 1.29 is 4.39 Å². The Kier molecular flexibility index (Phi) is 1.74. The van der Waals surface area contributed by atoms with Crippen LogP contribution in [0.3, 0.4) is 0 Å². The third kappa shape index (κ3) is 1.04. The molecule has 16 heavy (non-hydrogen) atoms. The van der Waals surface area contributed by atoms with Gasteiger partial charge in [0.2, 0.25) is 0 Å². The monoisotopic (exact) mass is 216 g/mol. The Hall–Kier alpha value is -1.11. The van der Waals surface area contributed by atoms with E-state index in [4.69, 9.17) is 0 Å². The molecule has 1 aromatic carbocycles. The zero-order valence-corrected chi connectivity index (χ0v) is 9.94. The molecule has 0 amide bonds. The highest BCUT2D eigenvalue weighted by atomic mass is 19.1. The van der Waals surface area contributed by atoms with Gasteiger partial charge in [0.1, 0.15) is 5.82 Å². The molecule has 0 atom stereocenters. The highest BCUT2D eigenvalue weighted by Gasteiger charge is 2.59. The molecule has 2 aliphatic rings. The van der Waals surface area contributed by atoms with Crippen molar-refractivity contribution >= 4 is 5.57 Å². The van der Waals surface area contributed by atoms with E-state index in [-0.39, 0.29) is 16.6 Å². The smallest absolute Gasteiger partial charge is 0.127 e. The fraction of sp³-hybridized carbons (Fsp3) is 0.467. The molecular formula is C15H17F. The summed E-state index contributed by atoms with van der Waals surface area (Å²) in [5, 5.41) is 0. The van der Waals surface area contributed by atoms with E-state index in [9.17, 15) is 4.39 Å². The average molecular weight is 216 g/mol. The van der Waals surface area contributed by atoms with Crippen LogP contribution in [0.5, 0.6) is 0 Å². The van der Waals surface area contributed by atoms with Crippen LogP contribution in [0, 0.1) is 11.2 Å². The number of fused-ring (bicyclic) bond motifs is 2. The second-order valence-electron chi connectivity index (χ2n) is 5.91. The van der Waals surface area contributed by atoms with Crippen molar-refractivity contribution in [3.8, 4) is 0 Å². The maximum Gasteiger partial charge on any atom is 0.127 e. The van der Waals surface area contributed by atoms with E-state index >= 15 is 0 Å². The highest BCUT2D eigenvalue weighted by Crippen LogP contribution is 2.66. The van der Waals surface area contributed by atoms with Crippen molar-refractivity contribution in [1.29, 1.82) is 0 Å². The summed E-state index contributed by atoms with van der Waals surface area (Å²) in [6.45, 7) is 8.62. The molecule has 0 aliphatic heterocycles. The largest absolute Gasteiger partial charge is 0.207 e.